The van der Waals surface area contributed by atoms with Crippen LogP contribution in [-0.4, -0.2) is 24.7 Å². The van der Waals surface area contributed by atoms with Crippen molar-refractivity contribution in [2.24, 2.45) is 0 Å². The van der Waals surface area contributed by atoms with E-state index in [-0.39, 0.29) is 29.0 Å². The fourth-order valence-electron chi connectivity index (χ4n) is 2.25. The zero-order chi connectivity index (χ0) is 16.8. The van der Waals surface area contributed by atoms with E-state index in [2.05, 4.69) is 5.32 Å². The lowest BCUT2D eigenvalue weighted by molar-refractivity contribution is 0.0936. The Morgan fingerprint density at radius 3 is 2.52 bits per heavy atom. The molecule has 1 unspecified atom stereocenters. The molecule has 0 aromatic heterocycles. The summed E-state index contributed by atoms with van der Waals surface area (Å²) < 4.78 is 10.4. The highest BCUT2D eigenvalue weighted by molar-refractivity contribution is 5.97. The second-order valence-electron chi connectivity index (χ2n) is 5.05. The Balaban J connectivity index is 2.10. The number of hydrogen-bond donors (Lipinski definition) is 2. The minimum atomic E-state index is -0.359. The van der Waals surface area contributed by atoms with Crippen LogP contribution >= 0.6 is 0 Å². The molecular weight excluding hydrogens is 294 g/mol. The van der Waals surface area contributed by atoms with Crippen LogP contribution in [0.3, 0.4) is 0 Å². The summed E-state index contributed by atoms with van der Waals surface area (Å²) in [6.07, 6.45) is 0. The molecule has 0 aliphatic carbocycles. The molecule has 122 valence electrons. The Morgan fingerprint density at radius 1 is 1.22 bits per heavy atom. The summed E-state index contributed by atoms with van der Waals surface area (Å²) in [4.78, 5) is 12.3. The van der Waals surface area contributed by atoms with Crippen molar-refractivity contribution in [2.45, 2.75) is 19.9 Å². The second kappa shape index (κ2) is 7.54. The summed E-state index contributed by atoms with van der Waals surface area (Å²) in [6, 6.07) is 12.1. The number of carbonyl (C=O) groups is 1. The van der Waals surface area contributed by atoms with Crippen LogP contribution in [0, 0.1) is 0 Å². The fraction of sp³-hybridized carbons (Fsp3) is 0.278. The number of phenols is 1. The maximum Gasteiger partial charge on any atom is 0.255 e. The summed E-state index contributed by atoms with van der Waals surface area (Å²) >= 11 is 0. The zero-order valence-electron chi connectivity index (χ0n) is 13.5. The Hall–Kier alpha value is -2.69. The number of benzene rings is 2. The van der Waals surface area contributed by atoms with Gasteiger partial charge in [-0.05, 0) is 43.7 Å². The molecule has 0 bridgehead atoms. The molecule has 0 aliphatic heterocycles. The molecule has 0 saturated heterocycles. The predicted octanol–water partition coefficient (Wildman–Crippen LogP) is 3.29. The van der Waals surface area contributed by atoms with Gasteiger partial charge in [0.05, 0.1) is 25.3 Å². The van der Waals surface area contributed by atoms with Crippen molar-refractivity contribution < 1.29 is 19.4 Å². The summed E-state index contributed by atoms with van der Waals surface area (Å²) in [5.41, 5.74) is 1.13. The fourth-order valence-corrected chi connectivity index (χ4v) is 2.25. The number of carbonyl (C=O) groups excluding carboxylic acids is 1. The van der Waals surface area contributed by atoms with E-state index in [1.165, 1.54) is 7.11 Å². The van der Waals surface area contributed by atoms with Crippen molar-refractivity contribution in [3.8, 4) is 17.2 Å². The zero-order valence-corrected chi connectivity index (χ0v) is 13.5. The van der Waals surface area contributed by atoms with Crippen LogP contribution in [0.1, 0.15) is 35.8 Å². The molecule has 0 fully saturated rings. The van der Waals surface area contributed by atoms with E-state index < -0.39 is 0 Å². The van der Waals surface area contributed by atoms with Crippen LogP contribution in [0.2, 0.25) is 0 Å². The van der Waals surface area contributed by atoms with E-state index in [9.17, 15) is 9.90 Å². The summed E-state index contributed by atoms with van der Waals surface area (Å²) in [5.74, 6) is 0.542. The third kappa shape index (κ3) is 3.94. The van der Waals surface area contributed by atoms with Gasteiger partial charge in [-0.15, -0.1) is 0 Å². The maximum absolute atomic E-state index is 12.3. The lowest BCUT2D eigenvalue weighted by Crippen LogP contribution is -2.26. The van der Waals surface area contributed by atoms with E-state index in [1.807, 2.05) is 38.1 Å². The smallest absolute Gasteiger partial charge is 0.255 e. The van der Waals surface area contributed by atoms with Crippen LogP contribution in [-0.2, 0) is 0 Å². The third-order valence-corrected chi connectivity index (χ3v) is 3.50. The first-order valence-electron chi connectivity index (χ1n) is 7.46. The number of methoxy groups -OCH3 is 1. The largest absolute Gasteiger partial charge is 0.504 e. The van der Waals surface area contributed by atoms with Crippen molar-refractivity contribution in [3.63, 3.8) is 0 Å². The minimum absolute atomic E-state index is 0.161. The van der Waals surface area contributed by atoms with Gasteiger partial charge in [-0.2, -0.15) is 0 Å². The number of aromatic hydroxyl groups is 1. The lowest BCUT2D eigenvalue weighted by Gasteiger charge is -2.16. The third-order valence-electron chi connectivity index (χ3n) is 3.50. The summed E-state index contributed by atoms with van der Waals surface area (Å²) in [7, 11) is 1.44. The Kier molecular flexibility index (Phi) is 5.46. The SMILES string of the molecule is CCOc1ccc(C(C)NC(=O)c2cccc(OC)c2O)cc1. The van der Waals surface area contributed by atoms with Gasteiger partial charge in [0.25, 0.3) is 5.91 Å². The molecule has 2 aromatic rings. The highest BCUT2D eigenvalue weighted by Gasteiger charge is 2.17. The van der Waals surface area contributed by atoms with Gasteiger partial charge in [0, 0.05) is 0 Å². The molecular formula is C18H21NO4. The number of amides is 1. The standard InChI is InChI=1S/C18H21NO4/c1-4-23-14-10-8-13(9-11-14)12(2)19-18(21)15-6-5-7-16(22-3)17(15)20/h5-12,20H,4H2,1-3H3,(H,19,21). The highest BCUT2D eigenvalue weighted by atomic mass is 16.5. The van der Waals surface area contributed by atoms with Crippen molar-refractivity contribution >= 4 is 5.91 Å². The minimum Gasteiger partial charge on any atom is -0.504 e. The number of phenolic OH excluding ortho intramolecular Hbond substituents is 1. The van der Waals surface area contributed by atoms with Gasteiger partial charge in [-0.25, -0.2) is 0 Å². The summed E-state index contributed by atoms with van der Waals surface area (Å²) in [5, 5.41) is 12.9. The van der Waals surface area contributed by atoms with Gasteiger partial charge in [-0.1, -0.05) is 18.2 Å². The second-order valence-corrected chi connectivity index (χ2v) is 5.05. The van der Waals surface area contributed by atoms with Crippen LogP contribution in [0.25, 0.3) is 0 Å². The number of nitrogens with one attached hydrogen (secondary N) is 1. The van der Waals surface area contributed by atoms with Crippen molar-refractivity contribution in [1.29, 1.82) is 0 Å². The highest BCUT2D eigenvalue weighted by Crippen LogP contribution is 2.29. The van der Waals surface area contributed by atoms with Gasteiger partial charge in [0.15, 0.2) is 11.5 Å². The van der Waals surface area contributed by atoms with Crippen LogP contribution in [0.4, 0.5) is 0 Å². The molecule has 2 rings (SSSR count). The van der Waals surface area contributed by atoms with E-state index in [4.69, 9.17) is 9.47 Å². The van der Waals surface area contributed by atoms with Crippen molar-refractivity contribution in [3.05, 3.63) is 53.6 Å². The molecule has 0 radical (unpaired) electrons. The molecule has 0 aliphatic rings. The molecule has 2 N–H and O–H groups in total. The molecule has 0 saturated carbocycles. The molecule has 0 heterocycles. The number of hydrogen-bond acceptors (Lipinski definition) is 4. The molecule has 0 spiro atoms. The predicted molar refractivity (Wildman–Crippen MR) is 88.2 cm³/mol. The molecule has 1 amide bonds. The van der Waals surface area contributed by atoms with E-state index >= 15 is 0 Å². The number of para-hydroxylation sites is 1. The summed E-state index contributed by atoms with van der Waals surface area (Å²) in [6.45, 7) is 4.42. The number of rotatable bonds is 6. The molecule has 5 nitrogen and oxygen atoms in total. The monoisotopic (exact) mass is 315 g/mol. The quantitative estimate of drug-likeness (QED) is 0.858. The van der Waals surface area contributed by atoms with E-state index in [1.54, 1.807) is 18.2 Å². The first kappa shape index (κ1) is 16.7. The van der Waals surface area contributed by atoms with Gasteiger partial charge in [0.2, 0.25) is 0 Å². The Bertz CT molecular complexity index is 667. The first-order valence-corrected chi connectivity index (χ1v) is 7.46. The van der Waals surface area contributed by atoms with Crippen molar-refractivity contribution in [2.75, 3.05) is 13.7 Å². The topological polar surface area (TPSA) is 67.8 Å². The van der Waals surface area contributed by atoms with E-state index in [0.717, 1.165) is 11.3 Å². The van der Waals surface area contributed by atoms with Gasteiger partial charge < -0.3 is 19.9 Å². The normalized spacial score (nSPS) is 11.6. The lowest BCUT2D eigenvalue weighted by atomic mass is 10.1. The van der Waals surface area contributed by atoms with Gasteiger partial charge in [-0.3, -0.25) is 4.79 Å². The molecule has 2 aromatic carbocycles. The average Bonchev–Trinajstić information content (AvgIpc) is 2.56. The number of ether oxygens (including phenoxy) is 2. The van der Waals surface area contributed by atoms with Crippen LogP contribution < -0.4 is 14.8 Å². The van der Waals surface area contributed by atoms with Gasteiger partial charge >= 0.3 is 0 Å². The first-order chi connectivity index (χ1) is 11.1. The molecule has 5 heteroatoms. The average molecular weight is 315 g/mol. The van der Waals surface area contributed by atoms with E-state index in [0.29, 0.717) is 6.61 Å². The Morgan fingerprint density at radius 2 is 1.91 bits per heavy atom. The van der Waals surface area contributed by atoms with Crippen molar-refractivity contribution in [1.82, 2.24) is 5.32 Å². The van der Waals surface area contributed by atoms with Crippen LogP contribution in [0.5, 0.6) is 17.2 Å². The van der Waals surface area contributed by atoms with Gasteiger partial charge in [0.1, 0.15) is 5.75 Å². The van der Waals surface area contributed by atoms with Crippen LogP contribution in [0.15, 0.2) is 42.5 Å². The molecule has 1 atom stereocenters. The molecule has 23 heavy (non-hydrogen) atoms. The maximum atomic E-state index is 12.3. The Labute approximate surface area is 135 Å².